The number of alkyl carbamates (subject to hydrolysis) is 1. The van der Waals surface area contributed by atoms with Gasteiger partial charge in [-0.1, -0.05) is 75.7 Å². The average molecular weight is 548 g/mol. The Kier molecular flexibility index (Phi) is 10.2. The highest BCUT2D eigenvalue weighted by Gasteiger charge is 2.38. The second kappa shape index (κ2) is 13.3. The second-order valence-electron chi connectivity index (χ2n) is 11.1. The maximum atomic E-state index is 14.2. The Hall–Kier alpha value is -4.07. The van der Waals surface area contributed by atoms with Crippen LogP contribution in [0.25, 0.3) is 10.8 Å². The van der Waals surface area contributed by atoms with E-state index in [0.717, 1.165) is 10.8 Å². The lowest BCUT2D eigenvalue weighted by Gasteiger charge is -2.36. The molecule has 3 unspecified atom stereocenters. The van der Waals surface area contributed by atoms with Crippen LogP contribution in [0.4, 0.5) is 10.5 Å². The van der Waals surface area contributed by atoms with Crippen molar-refractivity contribution in [2.45, 2.75) is 72.1 Å². The van der Waals surface area contributed by atoms with E-state index in [4.69, 9.17) is 4.74 Å². The monoisotopic (exact) mass is 547 g/mol. The minimum atomic E-state index is -1.15. The molecule has 0 spiro atoms. The molecular formula is C32H41N3O5. The average Bonchev–Trinajstić information content (AvgIpc) is 2.90. The number of rotatable bonds is 10. The molecule has 8 heteroatoms. The maximum Gasteiger partial charge on any atom is 0.408 e. The third kappa shape index (κ3) is 7.74. The summed E-state index contributed by atoms with van der Waals surface area (Å²) >= 11 is 0. The van der Waals surface area contributed by atoms with E-state index in [1.165, 1.54) is 11.0 Å². The molecular weight excluding hydrogens is 506 g/mol. The van der Waals surface area contributed by atoms with Crippen molar-refractivity contribution in [1.82, 2.24) is 10.2 Å². The molecule has 214 valence electrons. The summed E-state index contributed by atoms with van der Waals surface area (Å²) in [5.74, 6) is -1.24. The molecule has 3 N–H and O–H groups in total. The van der Waals surface area contributed by atoms with Gasteiger partial charge >= 0.3 is 6.09 Å². The van der Waals surface area contributed by atoms with E-state index in [-0.39, 0.29) is 18.2 Å². The highest BCUT2D eigenvalue weighted by Crippen LogP contribution is 2.32. The van der Waals surface area contributed by atoms with Crippen LogP contribution in [0.3, 0.4) is 0 Å². The van der Waals surface area contributed by atoms with Gasteiger partial charge in [-0.3, -0.25) is 9.59 Å². The Morgan fingerprint density at radius 1 is 0.950 bits per heavy atom. The summed E-state index contributed by atoms with van der Waals surface area (Å²) in [7, 11) is 0. The van der Waals surface area contributed by atoms with E-state index >= 15 is 0 Å². The van der Waals surface area contributed by atoms with Crippen LogP contribution in [-0.2, 0) is 14.3 Å². The molecule has 0 aromatic heterocycles. The minimum absolute atomic E-state index is 0.102. The number of para-hydroxylation sites is 1. The molecule has 0 bridgehead atoms. The first-order valence-electron chi connectivity index (χ1n) is 13.8. The maximum absolute atomic E-state index is 14.2. The van der Waals surface area contributed by atoms with Gasteiger partial charge in [0.25, 0.3) is 5.91 Å². The van der Waals surface area contributed by atoms with Gasteiger partial charge in [-0.2, -0.15) is 0 Å². The Balaban J connectivity index is 2.02. The third-order valence-electron chi connectivity index (χ3n) is 6.71. The number of phenolic OH excluding ortho intramolecular Hbond substituents is 1. The zero-order valence-corrected chi connectivity index (χ0v) is 24.2. The van der Waals surface area contributed by atoms with Crippen LogP contribution < -0.4 is 10.6 Å². The van der Waals surface area contributed by atoms with Gasteiger partial charge in [-0.15, -0.1) is 0 Å². The minimum Gasteiger partial charge on any atom is -0.508 e. The number of nitrogens with zero attached hydrogens (tertiary/aromatic N) is 1. The van der Waals surface area contributed by atoms with E-state index in [0.29, 0.717) is 24.1 Å². The van der Waals surface area contributed by atoms with Crippen molar-refractivity contribution in [3.63, 3.8) is 0 Å². The van der Waals surface area contributed by atoms with Crippen molar-refractivity contribution < 1.29 is 24.2 Å². The van der Waals surface area contributed by atoms with Gasteiger partial charge in [0.1, 0.15) is 23.4 Å². The molecule has 0 fully saturated rings. The summed E-state index contributed by atoms with van der Waals surface area (Å²) in [6.07, 6.45) is 0.456. The molecule has 3 aromatic carbocycles. The lowest BCUT2D eigenvalue weighted by molar-refractivity contribution is -0.142. The summed E-state index contributed by atoms with van der Waals surface area (Å²) in [6, 6.07) is 17.8. The van der Waals surface area contributed by atoms with E-state index in [9.17, 15) is 19.5 Å². The van der Waals surface area contributed by atoms with Gasteiger partial charge in [-0.05, 0) is 62.1 Å². The number of aromatic hydroxyl groups is 1. The quantitative estimate of drug-likeness (QED) is 0.272. The molecule has 0 saturated heterocycles. The molecule has 40 heavy (non-hydrogen) atoms. The van der Waals surface area contributed by atoms with Crippen molar-refractivity contribution >= 4 is 34.4 Å². The predicted octanol–water partition coefficient (Wildman–Crippen LogP) is 6.40. The van der Waals surface area contributed by atoms with Crippen LogP contribution in [0.1, 0.15) is 66.0 Å². The fourth-order valence-corrected chi connectivity index (χ4v) is 4.55. The lowest BCUT2D eigenvalue weighted by Crippen LogP contribution is -2.54. The number of carbonyl (C=O) groups excluding carboxylic acids is 3. The Morgan fingerprint density at radius 2 is 1.60 bits per heavy atom. The number of ether oxygens (including phenoxy) is 1. The first-order chi connectivity index (χ1) is 18.9. The number of benzene rings is 3. The van der Waals surface area contributed by atoms with Crippen molar-refractivity contribution in [1.29, 1.82) is 0 Å². The standard InChI is InChI=1S/C32H41N3O5/c1-7-19-35(30(38)27(21(3)8-2)34-31(39)40-32(4,5)6)28(25-15-11-12-16-26(25)36)29(37)33-24-18-17-22-13-9-10-14-23(22)20-24/h9-18,20-21,27-28,36H,7-8,19H2,1-6H3,(H,33,37)(H,34,39). The number of amides is 3. The van der Waals surface area contributed by atoms with Crippen molar-refractivity contribution in [2.75, 3.05) is 11.9 Å². The summed E-state index contributed by atoms with van der Waals surface area (Å²) in [5.41, 5.74) is 0.120. The predicted molar refractivity (Wildman–Crippen MR) is 158 cm³/mol. The number of anilines is 1. The normalized spacial score (nSPS) is 13.7. The van der Waals surface area contributed by atoms with Gasteiger partial charge in [0.05, 0.1) is 0 Å². The molecule has 0 aliphatic heterocycles. The third-order valence-corrected chi connectivity index (χ3v) is 6.71. The van der Waals surface area contributed by atoms with Crippen LogP contribution in [0.2, 0.25) is 0 Å². The van der Waals surface area contributed by atoms with Crippen molar-refractivity contribution in [2.24, 2.45) is 5.92 Å². The Labute approximate surface area is 236 Å². The zero-order valence-electron chi connectivity index (χ0n) is 24.2. The zero-order chi connectivity index (χ0) is 29.4. The molecule has 0 heterocycles. The van der Waals surface area contributed by atoms with E-state index < -0.39 is 35.6 Å². The van der Waals surface area contributed by atoms with E-state index in [2.05, 4.69) is 10.6 Å². The molecule has 3 amide bonds. The van der Waals surface area contributed by atoms with Gasteiger partial charge in [0.15, 0.2) is 0 Å². The molecule has 0 radical (unpaired) electrons. The number of hydrogen-bond acceptors (Lipinski definition) is 5. The fourth-order valence-electron chi connectivity index (χ4n) is 4.55. The summed E-state index contributed by atoms with van der Waals surface area (Å²) in [6.45, 7) is 11.2. The van der Waals surface area contributed by atoms with Crippen molar-refractivity contribution in [3.8, 4) is 5.75 Å². The number of fused-ring (bicyclic) bond motifs is 1. The summed E-state index contributed by atoms with van der Waals surface area (Å²) < 4.78 is 5.44. The first-order valence-corrected chi connectivity index (χ1v) is 13.8. The highest BCUT2D eigenvalue weighted by atomic mass is 16.6. The topological polar surface area (TPSA) is 108 Å². The SMILES string of the molecule is CCCN(C(=O)C(NC(=O)OC(C)(C)C)C(C)CC)C(C(=O)Nc1ccc2ccccc2c1)c1ccccc1O. The lowest BCUT2D eigenvalue weighted by atomic mass is 9.95. The smallest absolute Gasteiger partial charge is 0.408 e. The number of hydrogen-bond donors (Lipinski definition) is 3. The molecule has 0 saturated carbocycles. The summed E-state index contributed by atoms with van der Waals surface area (Å²) in [5, 5.41) is 18.5. The Morgan fingerprint density at radius 3 is 2.23 bits per heavy atom. The number of nitrogens with one attached hydrogen (secondary N) is 2. The largest absolute Gasteiger partial charge is 0.508 e. The number of phenols is 1. The van der Waals surface area contributed by atoms with Crippen LogP contribution in [-0.4, -0.2) is 46.1 Å². The van der Waals surface area contributed by atoms with E-state index in [1.807, 2.05) is 57.2 Å². The highest BCUT2D eigenvalue weighted by molar-refractivity contribution is 6.00. The van der Waals surface area contributed by atoms with Crippen LogP contribution in [0, 0.1) is 5.92 Å². The van der Waals surface area contributed by atoms with Crippen molar-refractivity contribution in [3.05, 3.63) is 72.3 Å². The molecule has 0 aliphatic carbocycles. The summed E-state index contributed by atoms with van der Waals surface area (Å²) in [4.78, 5) is 42.3. The first kappa shape index (κ1) is 30.5. The van der Waals surface area contributed by atoms with Gasteiger partial charge in [-0.25, -0.2) is 4.79 Å². The fraction of sp³-hybridized carbons (Fsp3) is 0.406. The molecule has 3 atom stereocenters. The van der Waals surface area contributed by atoms with Gasteiger partial charge in [0, 0.05) is 17.8 Å². The Bertz CT molecular complexity index is 1330. The van der Waals surface area contributed by atoms with Gasteiger partial charge < -0.3 is 25.4 Å². The van der Waals surface area contributed by atoms with Crippen LogP contribution in [0.5, 0.6) is 5.75 Å². The van der Waals surface area contributed by atoms with Gasteiger partial charge in [0.2, 0.25) is 5.91 Å². The molecule has 8 nitrogen and oxygen atoms in total. The van der Waals surface area contributed by atoms with Crippen LogP contribution >= 0.6 is 0 Å². The second-order valence-corrected chi connectivity index (χ2v) is 11.1. The molecule has 0 aliphatic rings. The van der Waals surface area contributed by atoms with E-state index in [1.54, 1.807) is 45.0 Å². The molecule has 3 aromatic rings. The number of carbonyl (C=O) groups is 3. The molecule has 3 rings (SSSR count). The van der Waals surface area contributed by atoms with Crippen LogP contribution in [0.15, 0.2) is 66.7 Å².